The molecule has 0 aliphatic heterocycles. The van der Waals surface area contributed by atoms with Crippen LogP contribution >= 0.6 is 11.8 Å². The zero-order valence-electron chi connectivity index (χ0n) is 9.16. The van der Waals surface area contributed by atoms with E-state index < -0.39 is 6.10 Å². The number of aromatic nitrogens is 3. The van der Waals surface area contributed by atoms with E-state index in [1.54, 1.807) is 31.1 Å². The molecule has 2 rings (SSSR count). The third-order valence-electron chi connectivity index (χ3n) is 2.17. The van der Waals surface area contributed by atoms with Crippen molar-refractivity contribution < 1.29 is 5.11 Å². The standard InChI is InChI=1S/C11H13N3OS/c1-8(15)10-4-3-9(7-13-10)16-11-12-5-6-14(11)2/h3-8,15H,1-2H3/t8-/m0/s1. The number of nitrogens with zero attached hydrogens (tertiary/aromatic N) is 3. The van der Waals surface area contributed by atoms with Crippen molar-refractivity contribution in [2.75, 3.05) is 0 Å². The summed E-state index contributed by atoms with van der Waals surface area (Å²) in [5.74, 6) is 0. The van der Waals surface area contributed by atoms with Crippen molar-refractivity contribution >= 4 is 11.8 Å². The quantitative estimate of drug-likeness (QED) is 0.884. The van der Waals surface area contributed by atoms with Crippen LogP contribution in [0.15, 0.2) is 40.8 Å². The fourth-order valence-electron chi connectivity index (χ4n) is 1.25. The minimum Gasteiger partial charge on any atom is -0.387 e. The Bertz CT molecular complexity index is 464. The number of hydrogen-bond donors (Lipinski definition) is 1. The number of aryl methyl sites for hydroxylation is 1. The first kappa shape index (κ1) is 11.2. The maximum absolute atomic E-state index is 9.33. The molecule has 2 heterocycles. The number of hydrogen-bond acceptors (Lipinski definition) is 4. The minimum absolute atomic E-state index is 0.521. The van der Waals surface area contributed by atoms with Gasteiger partial charge in [0.25, 0.3) is 0 Å². The molecule has 0 bridgehead atoms. The minimum atomic E-state index is -0.521. The number of aliphatic hydroxyl groups excluding tert-OH is 1. The van der Waals surface area contributed by atoms with Crippen LogP contribution < -0.4 is 0 Å². The molecule has 0 aliphatic rings. The van der Waals surface area contributed by atoms with Crippen LogP contribution in [0.3, 0.4) is 0 Å². The SMILES string of the molecule is C[C@H](O)c1ccc(Sc2nccn2C)cn1. The van der Waals surface area contributed by atoms with Gasteiger partial charge in [-0.05, 0) is 19.1 Å². The van der Waals surface area contributed by atoms with Gasteiger partial charge in [-0.3, -0.25) is 4.98 Å². The number of aliphatic hydroxyl groups is 1. The van der Waals surface area contributed by atoms with Gasteiger partial charge in [-0.15, -0.1) is 0 Å². The van der Waals surface area contributed by atoms with Gasteiger partial charge in [0.05, 0.1) is 11.8 Å². The average Bonchev–Trinajstić information content (AvgIpc) is 2.65. The topological polar surface area (TPSA) is 50.9 Å². The predicted octanol–water partition coefficient (Wildman–Crippen LogP) is 2.02. The fraction of sp³-hybridized carbons (Fsp3) is 0.273. The predicted molar refractivity (Wildman–Crippen MR) is 62.2 cm³/mol. The van der Waals surface area contributed by atoms with Crippen molar-refractivity contribution in [1.82, 2.24) is 14.5 Å². The van der Waals surface area contributed by atoms with E-state index in [-0.39, 0.29) is 0 Å². The summed E-state index contributed by atoms with van der Waals surface area (Å²) < 4.78 is 1.95. The molecule has 0 amide bonds. The fourth-order valence-corrected chi connectivity index (χ4v) is 2.03. The maximum Gasteiger partial charge on any atom is 0.172 e. The van der Waals surface area contributed by atoms with E-state index in [1.165, 1.54) is 0 Å². The largest absolute Gasteiger partial charge is 0.387 e. The van der Waals surface area contributed by atoms with Gasteiger partial charge in [-0.1, -0.05) is 11.8 Å². The second-order valence-corrected chi connectivity index (χ2v) is 4.56. The Morgan fingerprint density at radius 3 is 2.69 bits per heavy atom. The summed E-state index contributed by atoms with van der Waals surface area (Å²) in [5, 5.41) is 10.3. The second kappa shape index (κ2) is 4.67. The molecule has 2 aromatic heterocycles. The van der Waals surface area contributed by atoms with Crippen LogP contribution in [0.2, 0.25) is 0 Å². The molecule has 4 nitrogen and oxygen atoms in total. The molecule has 0 spiro atoms. The monoisotopic (exact) mass is 235 g/mol. The van der Waals surface area contributed by atoms with Crippen molar-refractivity contribution in [3.63, 3.8) is 0 Å². The van der Waals surface area contributed by atoms with E-state index >= 15 is 0 Å². The normalized spacial score (nSPS) is 12.7. The molecule has 1 atom stereocenters. The Morgan fingerprint density at radius 2 is 2.19 bits per heavy atom. The number of rotatable bonds is 3. The lowest BCUT2D eigenvalue weighted by Gasteiger charge is -2.05. The molecule has 0 fully saturated rings. The van der Waals surface area contributed by atoms with Gasteiger partial charge in [0.1, 0.15) is 0 Å². The van der Waals surface area contributed by atoms with Crippen molar-refractivity contribution in [2.45, 2.75) is 23.1 Å². The van der Waals surface area contributed by atoms with E-state index in [0.29, 0.717) is 5.69 Å². The van der Waals surface area contributed by atoms with Gasteiger partial charge < -0.3 is 9.67 Å². The van der Waals surface area contributed by atoms with Crippen molar-refractivity contribution in [2.24, 2.45) is 7.05 Å². The van der Waals surface area contributed by atoms with Crippen molar-refractivity contribution in [1.29, 1.82) is 0 Å². The van der Waals surface area contributed by atoms with Gasteiger partial charge in [-0.2, -0.15) is 0 Å². The first-order chi connectivity index (χ1) is 7.66. The zero-order valence-corrected chi connectivity index (χ0v) is 9.98. The third kappa shape index (κ3) is 2.43. The Morgan fingerprint density at radius 1 is 1.38 bits per heavy atom. The number of pyridine rings is 1. The van der Waals surface area contributed by atoms with E-state index in [1.807, 2.05) is 29.9 Å². The van der Waals surface area contributed by atoms with E-state index in [4.69, 9.17) is 0 Å². The summed E-state index contributed by atoms with van der Waals surface area (Å²) in [4.78, 5) is 9.41. The average molecular weight is 235 g/mol. The van der Waals surface area contributed by atoms with Gasteiger partial charge in [0.2, 0.25) is 0 Å². The summed E-state index contributed by atoms with van der Waals surface area (Å²) in [7, 11) is 1.95. The van der Waals surface area contributed by atoms with Crippen LogP contribution in [0.4, 0.5) is 0 Å². The lowest BCUT2D eigenvalue weighted by molar-refractivity contribution is 0.194. The molecule has 0 unspecified atom stereocenters. The van der Waals surface area contributed by atoms with Crippen molar-refractivity contribution in [3.05, 3.63) is 36.4 Å². The molecule has 0 aromatic carbocycles. The summed E-state index contributed by atoms with van der Waals surface area (Å²) in [6.07, 6.45) is 4.90. The van der Waals surface area contributed by atoms with E-state index in [9.17, 15) is 5.11 Å². The molecule has 1 N–H and O–H groups in total. The summed E-state index contributed by atoms with van der Waals surface area (Å²) in [6, 6.07) is 3.77. The van der Waals surface area contributed by atoms with Crippen LogP contribution in [-0.4, -0.2) is 19.6 Å². The molecular weight excluding hydrogens is 222 g/mol. The van der Waals surface area contributed by atoms with Crippen LogP contribution in [0, 0.1) is 0 Å². The first-order valence-corrected chi connectivity index (χ1v) is 5.77. The van der Waals surface area contributed by atoms with Crippen molar-refractivity contribution in [3.8, 4) is 0 Å². The molecule has 0 radical (unpaired) electrons. The highest BCUT2D eigenvalue weighted by Gasteiger charge is 2.05. The highest BCUT2D eigenvalue weighted by molar-refractivity contribution is 7.99. The van der Waals surface area contributed by atoms with Gasteiger partial charge in [-0.25, -0.2) is 4.98 Å². The third-order valence-corrected chi connectivity index (χ3v) is 3.23. The van der Waals surface area contributed by atoms with E-state index in [0.717, 1.165) is 10.1 Å². The van der Waals surface area contributed by atoms with Crippen LogP contribution in [0.5, 0.6) is 0 Å². The van der Waals surface area contributed by atoms with Crippen LogP contribution in [-0.2, 0) is 7.05 Å². The Balaban J connectivity index is 2.14. The molecule has 16 heavy (non-hydrogen) atoms. The summed E-state index contributed by atoms with van der Waals surface area (Å²) >= 11 is 1.55. The highest BCUT2D eigenvalue weighted by atomic mass is 32.2. The lowest BCUT2D eigenvalue weighted by Crippen LogP contribution is -1.94. The summed E-state index contributed by atoms with van der Waals surface area (Å²) in [5.41, 5.74) is 0.684. The molecule has 0 saturated carbocycles. The lowest BCUT2D eigenvalue weighted by atomic mass is 10.2. The zero-order chi connectivity index (χ0) is 11.5. The van der Waals surface area contributed by atoms with E-state index in [2.05, 4.69) is 9.97 Å². The molecular formula is C11H13N3OS. The number of imidazole rings is 1. The molecule has 0 aliphatic carbocycles. The second-order valence-electron chi connectivity index (χ2n) is 3.52. The first-order valence-electron chi connectivity index (χ1n) is 4.96. The van der Waals surface area contributed by atoms with Crippen LogP contribution in [0.25, 0.3) is 0 Å². The molecule has 84 valence electrons. The van der Waals surface area contributed by atoms with Gasteiger partial charge in [0.15, 0.2) is 5.16 Å². The summed E-state index contributed by atoms with van der Waals surface area (Å²) in [6.45, 7) is 1.70. The van der Waals surface area contributed by atoms with Gasteiger partial charge >= 0.3 is 0 Å². The highest BCUT2D eigenvalue weighted by Crippen LogP contribution is 2.25. The Labute approximate surface area is 98.4 Å². The van der Waals surface area contributed by atoms with Crippen LogP contribution in [0.1, 0.15) is 18.7 Å². The van der Waals surface area contributed by atoms with Gasteiger partial charge in [0, 0.05) is 30.5 Å². The Kier molecular flexibility index (Phi) is 3.26. The molecule has 0 saturated heterocycles. The molecule has 2 aromatic rings. The maximum atomic E-state index is 9.33. The smallest absolute Gasteiger partial charge is 0.172 e. The Hall–Kier alpha value is -1.33. The molecule has 5 heteroatoms.